The minimum Gasteiger partial charge on any atom is -0.358 e. The zero-order chi connectivity index (χ0) is 12.4. The normalized spacial score (nSPS) is 19.8. The van der Waals surface area contributed by atoms with Gasteiger partial charge in [-0.3, -0.25) is 10.1 Å². The van der Waals surface area contributed by atoms with Crippen LogP contribution in [-0.4, -0.2) is 19.0 Å². The Morgan fingerprint density at radius 2 is 2.29 bits per heavy atom. The van der Waals surface area contributed by atoms with Crippen molar-refractivity contribution in [1.82, 2.24) is 10.6 Å². The lowest BCUT2D eigenvalue weighted by atomic mass is 10.1. The average Bonchev–Trinajstić information content (AvgIpc) is 2.70. The molecule has 3 nitrogen and oxygen atoms in total. The zero-order valence-corrected chi connectivity index (χ0v) is 10.8. The van der Waals surface area contributed by atoms with Gasteiger partial charge in [-0.15, -0.1) is 0 Å². The minimum atomic E-state index is -0.174. The van der Waals surface area contributed by atoms with Gasteiger partial charge in [0.1, 0.15) is 0 Å². The molecular formula is C13H17ClN2O. The van der Waals surface area contributed by atoms with Crippen LogP contribution in [0.1, 0.15) is 30.5 Å². The molecule has 0 aliphatic heterocycles. The van der Waals surface area contributed by atoms with Crippen molar-refractivity contribution in [2.75, 3.05) is 7.05 Å². The molecule has 2 atom stereocenters. The summed E-state index contributed by atoms with van der Waals surface area (Å²) in [7, 11) is 1.66. The van der Waals surface area contributed by atoms with Crippen LogP contribution in [0.3, 0.4) is 0 Å². The van der Waals surface area contributed by atoms with Gasteiger partial charge in [-0.1, -0.05) is 17.7 Å². The number of amides is 1. The SMILES string of the molecule is CNC(=O)C(C)NC1CCc2cc(Cl)ccc21. The highest BCUT2D eigenvalue weighted by Crippen LogP contribution is 2.33. The van der Waals surface area contributed by atoms with Gasteiger partial charge in [0.05, 0.1) is 6.04 Å². The van der Waals surface area contributed by atoms with Crippen LogP contribution in [-0.2, 0) is 11.2 Å². The third-order valence-corrected chi connectivity index (χ3v) is 3.51. The van der Waals surface area contributed by atoms with E-state index in [1.165, 1.54) is 11.1 Å². The van der Waals surface area contributed by atoms with Gasteiger partial charge < -0.3 is 5.32 Å². The van der Waals surface area contributed by atoms with E-state index in [4.69, 9.17) is 11.6 Å². The van der Waals surface area contributed by atoms with Crippen LogP contribution in [0.4, 0.5) is 0 Å². The molecule has 1 amide bonds. The second kappa shape index (κ2) is 5.07. The largest absolute Gasteiger partial charge is 0.358 e. The first-order valence-electron chi connectivity index (χ1n) is 5.87. The van der Waals surface area contributed by atoms with E-state index in [0.717, 1.165) is 17.9 Å². The van der Waals surface area contributed by atoms with Crippen molar-refractivity contribution in [3.8, 4) is 0 Å². The Kier molecular flexibility index (Phi) is 3.69. The fourth-order valence-corrected chi connectivity index (χ4v) is 2.55. The molecule has 92 valence electrons. The number of carbonyl (C=O) groups excluding carboxylic acids is 1. The number of halogens is 1. The summed E-state index contributed by atoms with van der Waals surface area (Å²) in [4.78, 5) is 11.5. The van der Waals surface area contributed by atoms with Gasteiger partial charge in [0.25, 0.3) is 0 Å². The number of carbonyl (C=O) groups is 1. The Morgan fingerprint density at radius 1 is 1.53 bits per heavy atom. The molecule has 0 heterocycles. The zero-order valence-electron chi connectivity index (χ0n) is 10.1. The van der Waals surface area contributed by atoms with E-state index >= 15 is 0 Å². The van der Waals surface area contributed by atoms with E-state index in [1.54, 1.807) is 7.05 Å². The molecule has 0 spiro atoms. The van der Waals surface area contributed by atoms with Gasteiger partial charge >= 0.3 is 0 Å². The summed E-state index contributed by atoms with van der Waals surface area (Å²) in [5.41, 5.74) is 2.56. The molecule has 0 saturated heterocycles. The standard InChI is InChI=1S/C13H17ClN2O/c1-8(13(17)15-2)16-12-6-3-9-7-10(14)4-5-11(9)12/h4-5,7-8,12,16H,3,6H2,1-2H3,(H,15,17). The molecule has 2 rings (SSSR count). The summed E-state index contributed by atoms with van der Waals surface area (Å²) >= 11 is 5.97. The number of benzene rings is 1. The lowest BCUT2D eigenvalue weighted by Crippen LogP contribution is -2.41. The number of nitrogens with one attached hydrogen (secondary N) is 2. The topological polar surface area (TPSA) is 41.1 Å². The molecule has 2 N–H and O–H groups in total. The summed E-state index contributed by atoms with van der Waals surface area (Å²) in [5, 5.41) is 6.78. The van der Waals surface area contributed by atoms with Gasteiger partial charge in [0.15, 0.2) is 0 Å². The Balaban J connectivity index is 2.09. The van der Waals surface area contributed by atoms with E-state index in [9.17, 15) is 4.79 Å². The molecule has 4 heteroatoms. The predicted octanol–water partition coefficient (Wildman–Crippen LogP) is 2.05. The summed E-state index contributed by atoms with van der Waals surface area (Å²) < 4.78 is 0. The average molecular weight is 253 g/mol. The van der Waals surface area contributed by atoms with Gasteiger partial charge in [-0.25, -0.2) is 0 Å². The van der Waals surface area contributed by atoms with Crippen LogP contribution in [0.15, 0.2) is 18.2 Å². The number of rotatable bonds is 3. The van der Waals surface area contributed by atoms with E-state index in [-0.39, 0.29) is 18.0 Å². The van der Waals surface area contributed by atoms with Crippen molar-refractivity contribution in [2.45, 2.75) is 31.8 Å². The summed E-state index contributed by atoms with van der Waals surface area (Å²) in [6.07, 6.45) is 2.05. The summed E-state index contributed by atoms with van der Waals surface area (Å²) in [6.45, 7) is 1.88. The molecule has 0 fully saturated rings. The Hall–Kier alpha value is -1.06. The predicted molar refractivity (Wildman–Crippen MR) is 69.2 cm³/mol. The third kappa shape index (κ3) is 2.61. The molecule has 0 saturated carbocycles. The van der Waals surface area contributed by atoms with E-state index in [2.05, 4.69) is 16.7 Å². The van der Waals surface area contributed by atoms with Gasteiger partial charge in [0, 0.05) is 18.1 Å². The van der Waals surface area contributed by atoms with Crippen molar-refractivity contribution in [1.29, 1.82) is 0 Å². The third-order valence-electron chi connectivity index (χ3n) is 3.27. The Bertz CT molecular complexity index is 433. The molecule has 1 aromatic rings. The smallest absolute Gasteiger partial charge is 0.236 e. The molecule has 1 aliphatic rings. The number of hydrogen-bond donors (Lipinski definition) is 2. The maximum Gasteiger partial charge on any atom is 0.236 e. The van der Waals surface area contributed by atoms with Crippen LogP contribution in [0.2, 0.25) is 5.02 Å². The van der Waals surface area contributed by atoms with Crippen LogP contribution in [0, 0.1) is 0 Å². The fraction of sp³-hybridized carbons (Fsp3) is 0.462. The van der Waals surface area contributed by atoms with Crippen LogP contribution < -0.4 is 10.6 Å². The summed E-state index contributed by atoms with van der Waals surface area (Å²) in [6, 6.07) is 6.06. The molecule has 0 radical (unpaired) electrons. The van der Waals surface area contributed by atoms with E-state index < -0.39 is 0 Å². The first-order chi connectivity index (χ1) is 8.11. The summed E-state index contributed by atoms with van der Waals surface area (Å²) in [5.74, 6) is 0.0208. The highest BCUT2D eigenvalue weighted by atomic mass is 35.5. The highest BCUT2D eigenvalue weighted by Gasteiger charge is 2.25. The van der Waals surface area contributed by atoms with Gasteiger partial charge in [-0.05, 0) is 43.0 Å². The van der Waals surface area contributed by atoms with Crippen molar-refractivity contribution in [2.24, 2.45) is 0 Å². The fourth-order valence-electron chi connectivity index (χ4n) is 2.35. The van der Waals surface area contributed by atoms with E-state index in [1.807, 2.05) is 19.1 Å². The first kappa shape index (κ1) is 12.4. The highest BCUT2D eigenvalue weighted by molar-refractivity contribution is 6.30. The first-order valence-corrected chi connectivity index (χ1v) is 6.25. The van der Waals surface area contributed by atoms with Crippen molar-refractivity contribution < 1.29 is 4.79 Å². The molecule has 1 aromatic carbocycles. The Labute approximate surface area is 107 Å². The minimum absolute atomic E-state index is 0.0208. The quantitative estimate of drug-likeness (QED) is 0.865. The van der Waals surface area contributed by atoms with Crippen molar-refractivity contribution >= 4 is 17.5 Å². The number of hydrogen-bond acceptors (Lipinski definition) is 2. The second-order valence-corrected chi connectivity index (χ2v) is 4.87. The van der Waals surface area contributed by atoms with Crippen LogP contribution in [0.5, 0.6) is 0 Å². The molecule has 2 unspecified atom stereocenters. The maximum atomic E-state index is 11.5. The second-order valence-electron chi connectivity index (χ2n) is 4.44. The van der Waals surface area contributed by atoms with Crippen LogP contribution in [0.25, 0.3) is 0 Å². The molecule has 17 heavy (non-hydrogen) atoms. The number of fused-ring (bicyclic) bond motifs is 1. The maximum absolute atomic E-state index is 11.5. The number of likely N-dealkylation sites (N-methyl/N-ethyl adjacent to an activating group) is 1. The Morgan fingerprint density at radius 3 is 3.00 bits per heavy atom. The lowest BCUT2D eigenvalue weighted by molar-refractivity contribution is -0.122. The molecule has 0 aromatic heterocycles. The molecule has 1 aliphatic carbocycles. The molecular weight excluding hydrogens is 236 g/mol. The monoisotopic (exact) mass is 252 g/mol. The lowest BCUT2D eigenvalue weighted by Gasteiger charge is -2.19. The van der Waals surface area contributed by atoms with Gasteiger partial charge in [-0.2, -0.15) is 0 Å². The number of aryl methyl sites for hydroxylation is 1. The van der Waals surface area contributed by atoms with Crippen molar-refractivity contribution in [3.63, 3.8) is 0 Å². The van der Waals surface area contributed by atoms with Gasteiger partial charge in [0.2, 0.25) is 5.91 Å². The van der Waals surface area contributed by atoms with Crippen molar-refractivity contribution in [3.05, 3.63) is 34.3 Å². The molecule has 0 bridgehead atoms. The van der Waals surface area contributed by atoms with E-state index in [0.29, 0.717) is 0 Å². The van der Waals surface area contributed by atoms with Crippen LogP contribution >= 0.6 is 11.6 Å².